The molecule has 1 aromatic heterocycles. The number of aromatic nitrogens is 1. The number of hydrogen-bond donors (Lipinski definition) is 1. The summed E-state index contributed by atoms with van der Waals surface area (Å²) in [4.78, 5) is 16.6. The van der Waals surface area contributed by atoms with E-state index in [9.17, 15) is 4.79 Å². The van der Waals surface area contributed by atoms with Gasteiger partial charge in [0.15, 0.2) is 5.13 Å². The van der Waals surface area contributed by atoms with Crippen LogP contribution in [0.4, 0.5) is 5.13 Å². The summed E-state index contributed by atoms with van der Waals surface area (Å²) in [7, 11) is 1.64. The van der Waals surface area contributed by atoms with Gasteiger partial charge in [0.1, 0.15) is 5.75 Å². The van der Waals surface area contributed by atoms with Crippen LogP contribution in [-0.2, 0) is 4.79 Å². The molecule has 2 aromatic carbocycles. The molecule has 4 nitrogen and oxygen atoms in total. The molecule has 0 radical (unpaired) electrons. The van der Waals surface area contributed by atoms with Gasteiger partial charge in [-0.25, -0.2) is 4.98 Å². The van der Waals surface area contributed by atoms with Gasteiger partial charge in [-0.05, 0) is 47.4 Å². The largest absolute Gasteiger partial charge is 0.497 e. The third-order valence-electron chi connectivity index (χ3n) is 4.15. The molecular formula is C22H22N2O2S. The number of nitrogens with one attached hydrogen (secondary N) is 1. The molecule has 5 heteroatoms. The number of thiazole rings is 1. The molecule has 0 spiro atoms. The van der Waals surface area contributed by atoms with E-state index in [4.69, 9.17) is 4.74 Å². The van der Waals surface area contributed by atoms with Crippen molar-refractivity contribution in [3.05, 3.63) is 71.1 Å². The lowest BCUT2D eigenvalue weighted by molar-refractivity contribution is -0.111. The normalized spacial score (nSPS) is 11.1. The number of anilines is 1. The first-order valence-corrected chi connectivity index (χ1v) is 9.62. The molecule has 0 aliphatic heterocycles. The van der Waals surface area contributed by atoms with Gasteiger partial charge in [-0.2, -0.15) is 0 Å². The lowest BCUT2D eigenvalue weighted by Gasteiger charge is -2.04. The third-order valence-corrected chi connectivity index (χ3v) is 4.91. The highest BCUT2D eigenvalue weighted by Crippen LogP contribution is 2.26. The van der Waals surface area contributed by atoms with Crippen molar-refractivity contribution >= 4 is 28.5 Å². The topological polar surface area (TPSA) is 51.2 Å². The first kappa shape index (κ1) is 18.9. The Balaban J connectivity index is 1.61. The quantitative estimate of drug-likeness (QED) is 0.569. The van der Waals surface area contributed by atoms with Crippen LogP contribution in [0.1, 0.15) is 30.9 Å². The average molecular weight is 378 g/mol. The van der Waals surface area contributed by atoms with Gasteiger partial charge in [-0.3, -0.25) is 10.1 Å². The molecule has 0 aliphatic carbocycles. The lowest BCUT2D eigenvalue weighted by Crippen LogP contribution is -2.07. The molecule has 0 fully saturated rings. The number of ether oxygens (including phenoxy) is 1. The second-order valence-corrected chi connectivity index (χ2v) is 7.27. The zero-order chi connectivity index (χ0) is 19.2. The zero-order valence-corrected chi connectivity index (χ0v) is 16.4. The number of hydrogen-bond acceptors (Lipinski definition) is 4. The highest BCUT2D eigenvalue weighted by molar-refractivity contribution is 7.14. The van der Waals surface area contributed by atoms with Crippen molar-refractivity contribution in [2.75, 3.05) is 12.4 Å². The Morgan fingerprint density at radius 2 is 1.81 bits per heavy atom. The SMILES string of the molecule is COc1ccc(-c2csc(NC(=O)/C=C/c3ccc(C(C)C)cc3)n2)cc1. The van der Waals surface area contributed by atoms with E-state index in [1.165, 1.54) is 23.0 Å². The van der Waals surface area contributed by atoms with Crippen LogP contribution in [0.15, 0.2) is 60.0 Å². The predicted molar refractivity (Wildman–Crippen MR) is 112 cm³/mol. The Morgan fingerprint density at radius 1 is 1.11 bits per heavy atom. The monoisotopic (exact) mass is 378 g/mol. The van der Waals surface area contributed by atoms with E-state index < -0.39 is 0 Å². The van der Waals surface area contributed by atoms with E-state index >= 15 is 0 Å². The summed E-state index contributed by atoms with van der Waals surface area (Å²) in [6.07, 6.45) is 3.33. The fourth-order valence-electron chi connectivity index (χ4n) is 2.54. The molecule has 27 heavy (non-hydrogen) atoms. The highest BCUT2D eigenvalue weighted by atomic mass is 32.1. The first-order chi connectivity index (χ1) is 13.0. The van der Waals surface area contributed by atoms with E-state index in [1.807, 2.05) is 41.8 Å². The number of amides is 1. The minimum absolute atomic E-state index is 0.196. The van der Waals surface area contributed by atoms with Gasteiger partial charge < -0.3 is 4.74 Å². The fourth-order valence-corrected chi connectivity index (χ4v) is 3.26. The average Bonchev–Trinajstić information content (AvgIpc) is 3.15. The van der Waals surface area contributed by atoms with Crippen LogP contribution in [-0.4, -0.2) is 18.0 Å². The summed E-state index contributed by atoms with van der Waals surface area (Å²) in [5.41, 5.74) is 4.08. The van der Waals surface area contributed by atoms with E-state index in [-0.39, 0.29) is 5.91 Å². The van der Waals surface area contributed by atoms with Crippen LogP contribution in [0.5, 0.6) is 5.75 Å². The van der Waals surface area contributed by atoms with Crippen molar-refractivity contribution in [3.8, 4) is 17.0 Å². The number of carbonyl (C=O) groups is 1. The van der Waals surface area contributed by atoms with Crippen LogP contribution in [0, 0.1) is 0 Å². The van der Waals surface area contributed by atoms with Crippen LogP contribution in [0.3, 0.4) is 0 Å². The van der Waals surface area contributed by atoms with Crippen molar-refractivity contribution in [1.82, 2.24) is 4.98 Å². The summed E-state index contributed by atoms with van der Waals surface area (Å²) >= 11 is 1.40. The van der Waals surface area contributed by atoms with Gasteiger partial charge in [0.05, 0.1) is 12.8 Å². The van der Waals surface area contributed by atoms with Crippen LogP contribution in [0.25, 0.3) is 17.3 Å². The summed E-state index contributed by atoms with van der Waals surface area (Å²) in [6.45, 7) is 4.32. The lowest BCUT2D eigenvalue weighted by atomic mass is 10.0. The first-order valence-electron chi connectivity index (χ1n) is 8.74. The number of nitrogens with zero attached hydrogens (tertiary/aromatic N) is 1. The van der Waals surface area contributed by atoms with Crippen molar-refractivity contribution in [2.45, 2.75) is 19.8 Å². The van der Waals surface area contributed by atoms with Gasteiger partial charge in [-0.1, -0.05) is 38.1 Å². The van der Waals surface area contributed by atoms with E-state index in [2.05, 4.69) is 36.3 Å². The van der Waals surface area contributed by atoms with Gasteiger partial charge in [0.25, 0.3) is 0 Å². The molecule has 0 unspecified atom stereocenters. The minimum Gasteiger partial charge on any atom is -0.497 e. The van der Waals surface area contributed by atoms with E-state index in [0.29, 0.717) is 11.0 Å². The van der Waals surface area contributed by atoms with Crippen LogP contribution in [0.2, 0.25) is 0 Å². The molecule has 0 bridgehead atoms. The fraction of sp³-hybridized carbons (Fsp3) is 0.182. The molecule has 1 heterocycles. The van der Waals surface area contributed by atoms with Crippen LogP contribution < -0.4 is 10.1 Å². The molecule has 3 rings (SSSR count). The number of rotatable bonds is 6. The van der Waals surface area contributed by atoms with Gasteiger partial charge in [0, 0.05) is 17.0 Å². The summed E-state index contributed by atoms with van der Waals surface area (Å²) in [5.74, 6) is 1.10. The van der Waals surface area contributed by atoms with E-state index in [1.54, 1.807) is 13.2 Å². The van der Waals surface area contributed by atoms with Crippen LogP contribution >= 0.6 is 11.3 Å². The number of carbonyl (C=O) groups excluding carboxylic acids is 1. The standard InChI is InChI=1S/C22H22N2O2S/c1-15(2)17-7-4-16(5-8-17)6-13-21(25)24-22-23-20(14-27-22)18-9-11-19(26-3)12-10-18/h4-15H,1-3H3,(H,23,24,25)/b13-6+. The second-order valence-electron chi connectivity index (χ2n) is 6.41. The number of methoxy groups -OCH3 is 1. The maximum absolute atomic E-state index is 12.1. The third kappa shape index (κ3) is 5.05. The maximum Gasteiger partial charge on any atom is 0.250 e. The van der Waals surface area contributed by atoms with Gasteiger partial charge in [-0.15, -0.1) is 11.3 Å². The summed E-state index contributed by atoms with van der Waals surface area (Å²) in [5, 5.41) is 5.31. The molecule has 0 saturated heterocycles. The molecular weight excluding hydrogens is 356 g/mol. The molecule has 0 aliphatic rings. The van der Waals surface area contributed by atoms with Gasteiger partial charge in [0.2, 0.25) is 5.91 Å². The number of benzene rings is 2. The molecule has 138 valence electrons. The molecule has 1 amide bonds. The van der Waals surface area contributed by atoms with E-state index in [0.717, 1.165) is 22.6 Å². The molecule has 1 N–H and O–H groups in total. The van der Waals surface area contributed by atoms with Crippen molar-refractivity contribution in [3.63, 3.8) is 0 Å². The Bertz CT molecular complexity index is 926. The Labute approximate surface area is 163 Å². The second kappa shape index (κ2) is 8.64. The molecule has 3 aromatic rings. The highest BCUT2D eigenvalue weighted by Gasteiger charge is 2.07. The summed E-state index contributed by atoms with van der Waals surface area (Å²) in [6, 6.07) is 15.9. The Kier molecular flexibility index (Phi) is 6.04. The maximum atomic E-state index is 12.1. The van der Waals surface area contributed by atoms with Gasteiger partial charge >= 0.3 is 0 Å². The predicted octanol–water partition coefficient (Wildman–Crippen LogP) is 5.59. The zero-order valence-electron chi connectivity index (χ0n) is 15.6. The molecule has 0 atom stereocenters. The Morgan fingerprint density at radius 3 is 2.44 bits per heavy atom. The van der Waals surface area contributed by atoms with Crippen molar-refractivity contribution in [1.29, 1.82) is 0 Å². The van der Waals surface area contributed by atoms with Crippen molar-refractivity contribution in [2.24, 2.45) is 0 Å². The Hall–Kier alpha value is -2.92. The summed E-state index contributed by atoms with van der Waals surface area (Å²) < 4.78 is 5.16. The van der Waals surface area contributed by atoms with Crippen molar-refractivity contribution < 1.29 is 9.53 Å². The smallest absolute Gasteiger partial charge is 0.250 e. The molecule has 0 saturated carbocycles. The minimum atomic E-state index is -0.196.